The fourth-order valence-electron chi connectivity index (χ4n) is 2.34. The van der Waals surface area contributed by atoms with Crippen molar-refractivity contribution in [3.63, 3.8) is 0 Å². The van der Waals surface area contributed by atoms with Crippen molar-refractivity contribution in [3.8, 4) is 5.75 Å². The van der Waals surface area contributed by atoms with Crippen LogP contribution < -0.4 is 20.3 Å². The summed E-state index contributed by atoms with van der Waals surface area (Å²) >= 11 is 0. The molecule has 0 aliphatic carbocycles. The molecule has 2 N–H and O–H groups in total. The lowest BCUT2D eigenvalue weighted by Crippen LogP contribution is -2.24. The molecule has 1 aromatic carbocycles. The molecule has 0 radical (unpaired) electrons. The van der Waals surface area contributed by atoms with Crippen LogP contribution in [-0.2, 0) is 9.59 Å². The first-order chi connectivity index (χ1) is 10.2. The maximum Gasteiger partial charge on any atom is 0.227 e. The second kappa shape index (κ2) is 7.08. The van der Waals surface area contributed by atoms with E-state index in [4.69, 9.17) is 4.74 Å². The molecule has 1 fully saturated rings. The molecule has 0 saturated carbocycles. The molecule has 21 heavy (non-hydrogen) atoms. The average Bonchev–Trinajstić information content (AvgIpc) is 2.91. The molecule has 6 heteroatoms. The predicted octanol–water partition coefficient (Wildman–Crippen LogP) is 1.37. The van der Waals surface area contributed by atoms with Gasteiger partial charge in [0, 0.05) is 37.7 Å². The van der Waals surface area contributed by atoms with E-state index >= 15 is 0 Å². The zero-order valence-corrected chi connectivity index (χ0v) is 12.4. The highest BCUT2D eigenvalue weighted by Gasteiger charge is 2.24. The van der Waals surface area contributed by atoms with Crippen molar-refractivity contribution in [2.75, 3.05) is 37.5 Å². The third-order valence-corrected chi connectivity index (χ3v) is 3.43. The van der Waals surface area contributed by atoms with E-state index in [1.807, 2.05) is 6.07 Å². The second-order valence-corrected chi connectivity index (χ2v) is 4.94. The lowest BCUT2D eigenvalue weighted by molar-refractivity contribution is -0.117. The number of hydrogen-bond donors (Lipinski definition) is 2. The first kappa shape index (κ1) is 15.3. The minimum absolute atomic E-state index is 0.0589. The van der Waals surface area contributed by atoms with Crippen LogP contribution in [0.25, 0.3) is 0 Å². The van der Waals surface area contributed by atoms with Crippen LogP contribution >= 0.6 is 0 Å². The molecule has 0 bridgehead atoms. The van der Waals surface area contributed by atoms with Crippen LogP contribution in [0.2, 0.25) is 0 Å². The molecule has 114 valence electrons. The topological polar surface area (TPSA) is 70.7 Å². The Bertz CT molecular complexity index is 531. The van der Waals surface area contributed by atoms with Gasteiger partial charge in [-0.25, -0.2) is 0 Å². The van der Waals surface area contributed by atoms with Crippen LogP contribution in [0.1, 0.15) is 19.3 Å². The largest absolute Gasteiger partial charge is 0.494 e. The molecule has 1 heterocycles. The second-order valence-electron chi connectivity index (χ2n) is 4.94. The average molecular weight is 291 g/mol. The summed E-state index contributed by atoms with van der Waals surface area (Å²) in [7, 11) is 3.37. The number of amides is 2. The van der Waals surface area contributed by atoms with Crippen LogP contribution in [0.5, 0.6) is 5.75 Å². The zero-order valence-electron chi connectivity index (χ0n) is 12.4. The predicted molar refractivity (Wildman–Crippen MR) is 81.8 cm³/mol. The lowest BCUT2D eigenvalue weighted by Gasteiger charge is -2.19. The van der Waals surface area contributed by atoms with E-state index in [2.05, 4.69) is 10.6 Å². The van der Waals surface area contributed by atoms with Gasteiger partial charge in [-0.3, -0.25) is 9.59 Å². The van der Waals surface area contributed by atoms with Crippen molar-refractivity contribution < 1.29 is 14.3 Å². The van der Waals surface area contributed by atoms with Crippen molar-refractivity contribution >= 4 is 23.2 Å². The highest BCUT2D eigenvalue weighted by atomic mass is 16.5. The van der Waals surface area contributed by atoms with Crippen LogP contribution in [0.15, 0.2) is 18.2 Å². The van der Waals surface area contributed by atoms with E-state index in [-0.39, 0.29) is 11.8 Å². The molecule has 2 amide bonds. The zero-order chi connectivity index (χ0) is 15.2. The molecule has 1 aliphatic rings. The first-order valence-electron chi connectivity index (χ1n) is 7.08. The summed E-state index contributed by atoms with van der Waals surface area (Å²) in [6, 6.07) is 5.36. The van der Waals surface area contributed by atoms with Crippen molar-refractivity contribution in [1.82, 2.24) is 5.32 Å². The fraction of sp³-hybridized carbons (Fsp3) is 0.467. The summed E-state index contributed by atoms with van der Waals surface area (Å²) in [5.74, 6) is 0.646. The molecular formula is C15H21N3O3. The number of benzene rings is 1. The number of hydrogen-bond acceptors (Lipinski definition) is 4. The monoisotopic (exact) mass is 291 g/mol. The van der Waals surface area contributed by atoms with Gasteiger partial charge >= 0.3 is 0 Å². The Hall–Kier alpha value is -2.08. The summed E-state index contributed by atoms with van der Waals surface area (Å²) in [4.78, 5) is 25.3. The maximum absolute atomic E-state index is 11.8. The summed E-state index contributed by atoms with van der Waals surface area (Å²) in [5, 5.41) is 5.75. The molecule has 6 nitrogen and oxygen atoms in total. The number of nitrogens with one attached hydrogen (secondary N) is 2. The maximum atomic E-state index is 11.8. The van der Waals surface area contributed by atoms with Gasteiger partial charge in [0.2, 0.25) is 11.8 Å². The van der Waals surface area contributed by atoms with Gasteiger partial charge in [-0.2, -0.15) is 0 Å². The van der Waals surface area contributed by atoms with E-state index in [0.717, 1.165) is 12.1 Å². The summed E-state index contributed by atoms with van der Waals surface area (Å²) in [5.41, 5.74) is 1.43. The fourth-order valence-corrected chi connectivity index (χ4v) is 2.34. The SMILES string of the molecule is CNCCC(=O)Nc1ccc(N2CCCC2=O)c(OC)c1. The number of ether oxygens (including phenoxy) is 1. The third-order valence-electron chi connectivity index (χ3n) is 3.43. The Balaban J connectivity index is 2.12. The number of rotatable bonds is 6. The number of methoxy groups -OCH3 is 1. The van der Waals surface area contributed by atoms with Gasteiger partial charge in [-0.1, -0.05) is 0 Å². The van der Waals surface area contributed by atoms with Gasteiger partial charge in [0.25, 0.3) is 0 Å². The Kier molecular flexibility index (Phi) is 5.16. The van der Waals surface area contributed by atoms with E-state index in [1.54, 1.807) is 31.2 Å². The normalized spacial score (nSPS) is 14.4. The Labute approximate surface area is 124 Å². The standard InChI is InChI=1S/C15H21N3O3/c1-16-8-7-14(19)17-11-5-6-12(13(10-11)21-2)18-9-3-4-15(18)20/h5-6,10,16H,3-4,7-9H2,1-2H3,(H,17,19). The highest BCUT2D eigenvalue weighted by Crippen LogP contribution is 2.33. The minimum atomic E-state index is -0.0589. The third kappa shape index (κ3) is 3.72. The Morgan fingerprint density at radius 1 is 1.43 bits per heavy atom. The molecule has 1 saturated heterocycles. The van der Waals surface area contributed by atoms with E-state index in [9.17, 15) is 9.59 Å². The van der Waals surface area contributed by atoms with Crippen LogP contribution in [0, 0.1) is 0 Å². The van der Waals surface area contributed by atoms with Crippen LogP contribution in [0.4, 0.5) is 11.4 Å². The van der Waals surface area contributed by atoms with Crippen LogP contribution in [0.3, 0.4) is 0 Å². The molecule has 0 atom stereocenters. The summed E-state index contributed by atoms with van der Waals surface area (Å²) in [6.07, 6.45) is 1.85. The van der Waals surface area contributed by atoms with Crippen molar-refractivity contribution in [2.24, 2.45) is 0 Å². The molecule has 2 rings (SSSR count). The molecule has 1 aromatic rings. The van der Waals surface area contributed by atoms with Gasteiger partial charge in [0.1, 0.15) is 5.75 Å². The minimum Gasteiger partial charge on any atom is -0.494 e. The molecule has 0 spiro atoms. The smallest absolute Gasteiger partial charge is 0.227 e. The van der Waals surface area contributed by atoms with Gasteiger partial charge < -0.3 is 20.3 Å². The highest BCUT2D eigenvalue weighted by molar-refractivity contribution is 5.97. The van der Waals surface area contributed by atoms with Crippen molar-refractivity contribution in [2.45, 2.75) is 19.3 Å². The first-order valence-corrected chi connectivity index (χ1v) is 7.08. The molecule has 0 unspecified atom stereocenters. The summed E-state index contributed by atoms with van der Waals surface area (Å²) < 4.78 is 5.35. The number of anilines is 2. The van der Waals surface area contributed by atoms with Gasteiger partial charge in [-0.15, -0.1) is 0 Å². The van der Waals surface area contributed by atoms with E-state index in [0.29, 0.717) is 37.4 Å². The van der Waals surface area contributed by atoms with Gasteiger partial charge in [-0.05, 0) is 25.6 Å². The number of carbonyl (C=O) groups is 2. The van der Waals surface area contributed by atoms with Gasteiger partial charge in [0.15, 0.2) is 0 Å². The van der Waals surface area contributed by atoms with E-state index < -0.39 is 0 Å². The molecule has 0 aromatic heterocycles. The van der Waals surface area contributed by atoms with Crippen molar-refractivity contribution in [3.05, 3.63) is 18.2 Å². The summed E-state index contributed by atoms with van der Waals surface area (Å²) in [6.45, 7) is 1.34. The van der Waals surface area contributed by atoms with Crippen molar-refractivity contribution in [1.29, 1.82) is 0 Å². The van der Waals surface area contributed by atoms with Crippen LogP contribution in [-0.4, -0.2) is 39.1 Å². The molecule has 1 aliphatic heterocycles. The quantitative estimate of drug-likeness (QED) is 0.830. The number of nitrogens with zero attached hydrogens (tertiary/aromatic N) is 1. The van der Waals surface area contributed by atoms with E-state index in [1.165, 1.54) is 0 Å². The Morgan fingerprint density at radius 2 is 2.24 bits per heavy atom. The Morgan fingerprint density at radius 3 is 2.86 bits per heavy atom. The number of carbonyl (C=O) groups excluding carboxylic acids is 2. The lowest BCUT2D eigenvalue weighted by atomic mass is 10.2. The molecular weight excluding hydrogens is 270 g/mol. The van der Waals surface area contributed by atoms with Gasteiger partial charge in [0.05, 0.1) is 12.8 Å².